The lowest BCUT2D eigenvalue weighted by Crippen LogP contribution is -2.51. The molecule has 2 fully saturated rings. The molecule has 5 nitrogen and oxygen atoms in total. The average molecular weight is 305 g/mol. The first-order valence-electron chi connectivity index (χ1n) is 7.41. The second-order valence-electron chi connectivity index (χ2n) is 6.37. The highest BCUT2D eigenvalue weighted by molar-refractivity contribution is 5.85. The highest BCUT2D eigenvalue weighted by Crippen LogP contribution is 2.33. The van der Waals surface area contributed by atoms with Gasteiger partial charge in [0.15, 0.2) is 0 Å². The van der Waals surface area contributed by atoms with Gasteiger partial charge in [-0.1, -0.05) is 0 Å². The molecule has 0 saturated carbocycles. The van der Waals surface area contributed by atoms with Crippen molar-refractivity contribution in [2.45, 2.75) is 38.4 Å². The Morgan fingerprint density at radius 1 is 1.40 bits per heavy atom. The molecule has 0 aromatic heterocycles. The zero-order chi connectivity index (χ0) is 14.0. The molecule has 0 aromatic carbocycles. The Balaban J connectivity index is 0.00000200. The van der Waals surface area contributed by atoms with Crippen molar-refractivity contribution in [2.75, 3.05) is 40.3 Å². The third-order valence-corrected chi connectivity index (χ3v) is 4.33. The molecule has 6 heteroatoms. The summed E-state index contributed by atoms with van der Waals surface area (Å²) < 4.78 is 0. The summed E-state index contributed by atoms with van der Waals surface area (Å²) in [7, 11) is 4.05. The third kappa shape index (κ3) is 3.85. The molecule has 118 valence electrons. The molecule has 0 bridgehead atoms. The smallest absolute Gasteiger partial charge is 0.237 e. The van der Waals surface area contributed by atoms with Crippen molar-refractivity contribution in [1.29, 1.82) is 0 Å². The molecule has 0 unspecified atom stereocenters. The van der Waals surface area contributed by atoms with Gasteiger partial charge in [0, 0.05) is 31.7 Å². The van der Waals surface area contributed by atoms with Crippen molar-refractivity contribution < 1.29 is 4.79 Å². The molecular weight excluding hydrogens is 276 g/mol. The summed E-state index contributed by atoms with van der Waals surface area (Å²) in [6, 6.07) is 1.04. The molecule has 2 aliphatic heterocycles. The number of nitrogens with zero attached hydrogens (tertiary/aromatic N) is 2. The standard InChI is InChI=1S/C14H28N4O.ClH/c1-10(2)18-12(7-11-8-15-9-13(11)18)14(19)16-5-6-17(3)4;/h10-13,15H,5-9H2,1-4H3,(H,16,19);1H/t11-,12+,13+;/m1./s1. The fourth-order valence-electron chi connectivity index (χ4n) is 3.45. The average Bonchev–Trinajstić information content (AvgIpc) is 2.86. The number of carbonyl (C=O) groups excluding carboxylic acids is 1. The second-order valence-corrected chi connectivity index (χ2v) is 6.37. The third-order valence-electron chi connectivity index (χ3n) is 4.33. The molecule has 20 heavy (non-hydrogen) atoms. The van der Waals surface area contributed by atoms with Crippen LogP contribution in [0.3, 0.4) is 0 Å². The van der Waals surface area contributed by atoms with E-state index in [4.69, 9.17) is 0 Å². The van der Waals surface area contributed by atoms with Gasteiger partial charge in [-0.3, -0.25) is 9.69 Å². The summed E-state index contributed by atoms with van der Waals surface area (Å²) in [5, 5.41) is 6.53. The van der Waals surface area contributed by atoms with E-state index in [2.05, 4.69) is 34.3 Å². The number of likely N-dealkylation sites (N-methyl/N-ethyl adjacent to an activating group) is 1. The SMILES string of the molecule is CC(C)N1[C@H](C(=O)NCCN(C)C)C[C@@H]2CNC[C@@H]21.Cl. The Hall–Kier alpha value is -0.360. The highest BCUT2D eigenvalue weighted by atomic mass is 35.5. The van der Waals surface area contributed by atoms with E-state index in [0.29, 0.717) is 18.0 Å². The van der Waals surface area contributed by atoms with E-state index in [1.54, 1.807) is 0 Å². The minimum atomic E-state index is 0. The van der Waals surface area contributed by atoms with Crippen molar-refractivity contribution >= 4 is 18.3 Å². The van der Waals surface area contributed by atoms with E-state index in [-0.39, 0.29) is 24.4 Å². The first-order chi connectivity index (χ1) is 9.00. The molecule has 2 rings (SSSR count). The Morgan fingerprint density at radius 3 is 2.70 bits per heavy atom. The first kappa shape index (κ1) is 17.7. The van der Waals surface area contributed by atoms with Crippen molar-refractivity contribution in [2.24, 2.45) is 5.92 Å². The number of hydrogen-bond acceptors (Lipinski definition) is 4. The summed E-state index contributed by atoms with van der Waals surface area (Å²) in [6.45, 7) is 8.12. The lowest BCUT2D eigenvalue weighted by Gasteiger charge is -2.32. The summed E-state index contributed by atoms with van der Waals surface area (Å²) >= 11 is 0. The van der Waals surface area contributed by atoms with Gasteiger partial charge in [0.25, 0.3) is 0 Å². The quantitative estimate of drug-likeness (QED) is 0.759. The molecule has 2 heterocycles. The Kier molecular flexibility index (Phi) is 6.72. The fourth-order valence-corrected chi connectivity index (χ4v) is 3.45. The molecule has 0 aliphatic carbocycles. The number of amides is 1. The number of fused-ring (bicyclic) bond motifs is 1. The predicted octanol–water partition coefficient (Wildman–Crippen LogP) is 0.157. The normalized spacial score (nSPS) is 29.6. The fraction of sp³-hybridized carbons (Fsp3) is 0.929. The van der Waals surface area contributed by atoms with Gasteiger partial charge in [-0.05, 0) is 46.8 Å². The number of likely N-dealkylation sites (tertiary alicyclic amines) is 1. The van der Waals surface area contributed by atoms with E-state index < -0.39 is 0 Å². The van der Waals surface area contributed by atoms with Crippen LogP contribution >= 0.6 is 12.4 Å². The van der Waals surface area contributed by atoms with E-state index in [9.17, 15) is 4.79 Å². The van der Waals surface area contributed by atoms with Gasteiger partial charge in [-0.25, -0.2) is 0 Å². The number of rotatable bonds is 5. The molecule has 1 amide bonds. The lowest BCUT2D eigenvalue weighted by atomic mass is 10.0. The lowest BCUT2D eigenvalue weighted by molar-refractivity contribution is -0.126. The number of halogens is 1. The van der Waals surface area contributed by atoms with Gasteiger partial charge < -0.3 is 15.5 Å². The number of carbonyl (C=O) groups is 1. The monoisotopic (exact) mass is 304 g/mol. The van der Waals surface area contributed by atoms with Crippen LogP contribution in [0.4, 0.5) is 0 Å². The zero-order valence-electron chi connectivity index (χ0n) is 13.1. The van der Waals surface area contributed by atoms with Gasteiger partial charge in [0.1, 0.15) is 0 Å². The van der Waals surface area contributed by atoms with Crippen LogP contribution in [0, 0.1) is 5.92 Å². The summed E-state index contributed by atoms with van der Waals surface area (Å²) in [5.41, 5.74) is 0. The van der Waals surface area contributed by atoms with Crippen LogP contribution < -0.4 is 10.6 Å². The predicted molar refractivity (Wildman–Crippen MR) is 84.3 cm³/mol. The van der Waals surface area contributed by atoms with Gasteiger partial charge >= 0.3 is 0 Å². The molecule has 2 N–H and O–H groups in total. The minimum absolute atomic E-state index is 0. The van der Waals surface area contributed by atoms with Gasteiger partial charge in [-0.15, -0.1) is 12.4 Å². The van der Waals surface area contributed by atoms with E-state index in [1.165, 1.54) is 0 Å². The Bertz CT molecular complexity index is 324. The van der Waals surface area contributed by atoms with E-state index in [0.717, 1.165) is 32.6 Å². The second kappa shape index (κ2) is 7.59. The van der Waals surface area contributed by atoms with Gasteiger partial charge in [0.05, 0.1) is 6.04 Å². The van der Waals surface area contributed by atoms with E-state index in [1.807, 2.05) is 14.1 Å². The van der Waals surface area contributed by atoms with Crippen LogP contribution in [0.15, 0.2) is 0 Å². The van der Waals surface area contributed by atoms with E-state index >= 15 is 0 Å². The molecule has 0 aromatic rings. The molecule has 0 spiro atoms. The maximum Gasteiger partial charge on any atom is 0.237 e. The first-order valence-corrected chi connectivity index (χ1v) is 7.41. The van der Waals surface area contributed by atoms with Crippen LogP contribution in [0.2, 0.25) is 0 Å². The summed E-state index contributed by atoms with van der Waals surface area (Å²) in [4.78, 5) is 16.9. The topological polar surface area (TPSA) is 47.6 Å². The van der Waals surface area contributed by atoms with Crippen molar-refractivity contribution in [3.05, 3.63) is 0 Å². The summed E-state index contributed by atoms with van der Waals surface area (Å²) in [5.74, 6) is 0.858. The molecule has 2 saturated heterocycles. The molecule has 0 radical (unpaired) electrons. The van der Waals surface area contributed by atoms with Crippen molar-refractivity contribution in [3.8, 4) is 0 Å². The summed E-state index contributed by atoms with van der Waals surface area (Å²) in [6.07, 6.45) is 1.00. The van der Waals surface area contributed by atoms with Gasteiger partial charge in [0.2, 0.25) is 5.91 Å². The van der Waals surface area contributed by atoms with Crippen molar-refractivity contribution in [1.82, 2.24) is 20.4 Å². The Labute approximate surface area is 128 Å². The highest BCUT2D eigenvalue weighted by Gasteiger charge is 2.47. The van der Waals surface area contributed by atoms with Gasteiger partial charge in [-0.2, -0.15) is 0 Å². The number of hydrogen-bond donors (Lipinski definition) is 2. The molecule has 2 aliphatic rings. The zero-order valence-corrected chi connectivity index (χ0v) is 13.9. The Morgan fingerprint density at radius 2 is 2.10 bits per heavy atom. The van der Waals surface area contributed by atoms with Crippen LogP contribution in [0.1, 0.15) is 20.3 Å². The maximum absolute atomic E-state index is 12.4. The largest absolute Gasteiger partial charge is 0.353 e. The van der Waals surface area contributed by atoms with Crippen molar-refractivity contribution in [3.63, 3.8) is 0 Å². The van der Waals surface area contributed by atoms with Crippen LogP contribution in [0.25, 0.3) is 0 Å². The molecule has 3 atom stereocenters. The minimum Gasteiger partial charge on any atom is -0.353 e. The molecular formula is C14H29ClN4O. The number of nitrogens with one attached hydrogen (secondary N) is 2. The maximum atomic E-state index is 12.4. The van der Waals surface area contributed by atoms with Crippen LogP contribution in [0.5, 0.6) is 0 Å². The van der Waals surface area contributed by atoms with Crippen LogP contribution in [-0.2, 0) is 4.79 Å². The van der Waals surface area contributed by atoms with Crippen LogP contribution in [-0.4, -0.2) is 74.1 Å².